The lowest BCUT2D eigenvalue weighted by molar-refractivity contribution is -0.148. The van der Waals surface area contributed by atoms with Gasteiger partial charge < -0.3 is 14.4 Å². The lowest BCUT2D eigenvalue weighted by Gasteiger charge is -2.36. The van der Waals surface area contributed by atoms with Gasteiger partial charge in [-0.1, -0.05) is 18.2 Å². The molecule has 0 bridgehead atoms. The standard InChI is InChI=1S/C16H24N2O3/c1-2-21-16(19)14-20-13-12-17-8-10-18(11-9-17)15-6-4-3-5-7-15/h3-7H,2,8-14H2,1H3. The minimum Gasteiger partial charge on any atom is -0.464 e. The third kappa shape index (κ3) is 5.36. The topological polar surface area (TPSA) is 42.0 Å². The number of nitrogens with zero attached hydrogens (tertiary/aromatic N) is 2. The fourth-order valence-corrected chi connectivity index (χ4v) is 2.42. The van der Waals surface area contributed by atoms with Gasteiger partial charge in [-0.25, -0.2) is 4.79 Å². The molecule has 0 aliphatic carbocycles. The number of carbonyl (C=O) groups is 1. The van der Waals surface area contributed by atoms with E-state index in [9.17, 15) is 4.79 Å². The highest BCUT2D eigenvalue weighted by molar-refractivity contribution is 5.70. The number of benzene rings is 1. The van der Waals surface area contributed by atoms with Gasteiger partial charge in [-0.3, -0.25) is 4.90 Å². The molecular weight excluding hydrogens is 268 g/mol. The van der Waals surface area contributed by atoms with E-state index in [0.29, 0.717) is 13.2 Å². The molecule has 0 saturated carbocycles. The van der Waals surface area contributed by atoms with E-state index in [1.807, 2.05) is 6.07 Å². The van der Waals surface area contributed by atoms with Gasteiger partial charge >= 0.3 is 5.97 Å². The van der Waals surface area contributed by atoms with Crippen molar-refractivity contribution in [2.24, 2.45) is 0 Å². The molecule has 0 aromatic heterocycles. The van der Waals surface area contributed by atoms with E-state index < -0.39 is 0 Å². The third-order valence-corrected chi connectivity index (χ3v) is 3.57. The van der Waals surface area contributed by atoms with E-state index in [0.717, 1.165) is 32.7 Å². The highest BCUT2D eigenvalue weighted by atomic mass is 16.6. The molecule has 0 radical (unpaired) electrons. The molecule has 1 fully saturated rings. The van der Waals surface area contributed by atoms with Crippen LogP contribution in [0.25, 0.3) is 0 Å². The monoisotopic (exact) mass is 292 g/mol. The number of carbonyl (C=O) groups excluding carboxylic acids is 1. The summed E-state index contributed by atoms with van der Waals surface area (Å²) >= 11 is 0. The summed E-state index contributed by atoms with van der Waals surface area (Å²) in [5.41, 5.74) is 1.29. The van der Waals surface area contributed by atoms with Crippen molar-refractivity contribution < 1.29 is 14.3 Å². The largest absolute Gasteiger partial charge is 0.464 e. The van der Waals surface area contributed by atoms with Crippen LogP contribution in [0.15, 0.2) is 30.3 Å². The summed E-state index contributed by atoms with van der Waals surface area (Å²) in [5.74, 6) is -0.286. The smallest absolute Gasteiger partial charge is 0.332 e. The fraction of sp³-hybridized carbons (Fsp3) is 0.562. The van der Waals surface area contributed by atoms with E-state index in [4.69, 9.17) is 9.47 Å². The molecule has 1 aromatic carbocycles. The minimum atomic E-state index is -0.286. The fourth-order valence-electron chi connectivity index (χ4n) is 2.42. The Kier molecular flexibility index (Phi) is 6.50. The molecule has 2 rings (SSSR count). The molecule has 5 heteroatoms. The van der Waals surface area contributed by atoms with Crippen LogP contribution in [0.5, 0.6) is 0 Å². The van der Waals surface area contributed by atoms with Crippen LogP contribution in [-0.4, -0.2) is 63.4 Å². The summed E-state index contributed by atoms with van der Waals surface area (Å²) < 4.78 is 10.1. The number of rotatable bonds is 7. The molecule has 1 heterocycles. The highest BCUT2D eigenvalue weighted by Crippen LogP contribution is 2.15. The molecular formula is C16H24N2O3. The van der Waals surface area contributed by atoms with Gasteiger partial charge in [0.25, 0.3) is 0 Å². The van der Waals surface area contributed by atoms with Crippen molar-refractivity contribution >= 4 is 11.7 Å². The number of esters is 1. The Balaban J connectivity index is 1.60. The summed E-state index contributed by atoms with van der Waals surface area (Å²) in [7, 11) is 0. The Morgan fingerprint density at radius 3 is 2.52 bits per heavy atom. The second kappa shape index (κ2) is 8.64. The first-order chi connectivity index (χ1) is 10.3. The first kappa shape index (κ1) is 15.8. The van der Waals surface area contributed by atoms with Crippen LogP contribution in [0.4, 0.5) is 5.69 Å². The van der Waals surface area contributed by atoms with E-state index in [1.54, 1.807) is 6.92 Å². The Labute approximate surface area is 126 Å². The summed E-state index contributed by atoms with van der Waals surface area (Å²) in [6, 6.07) is 10.5. The zero-order chi connectivity index (χ0) is 14.9. The third-order valence-electron chi connectivity index (χ3n) is 3.57. The molecule has 0 N–H and O–H groups in total. The Morgan fingerprint density at radius 1 is 1.14 bits per heavy atom. The van der Waals surface area contributed by atoms with Gasteiger partial charge in [0.15, 0.2) is 0 Å². The quantitative estimate of drug-likeness (QED) is 0.561. The number of piperazine rings is 1. The SMILES string of the molecule is CCOC(=O)COCCN1CCN(c2ccccc2)CC1. The molecule has 1 aromatic rings. The first-order valence-corrected chi connectivity index (χ1v) is 7.55. The van der Waals surface area contributed by atoms with Crippen molar-refractivity contribution in [2.75, 3.05) is 57.4 Å². The van der Waals surface area contributed by atoms with E-state index >= 15 is 0 Å². The molecule has 0 unspecified atom stereocenters. The number of hydrogen-bond acceptors (Lipinski definition) is 5. The van der Waals surface area contributed by atoms with Crippen LogP contribution in [0.2, 0.25) is 0 Å². The van der Waals surface area contributed by atoms with Gasteiger partial charge in [0.1, 0.15) is 6.61 Å². The summed E-state index contributed by atoms with van der Waals surface area (Å²) in [5, 5.41) is 0. The predicted octanol–water partition coefficient (Wildman–Crippen LogP) is 1.39. The molecule has 0 spiro atoms. The Bertz CT molecular complexity index is 417. The molecule has 1 aliphatic heterocycles. The van der Waals surface area contributed by atoms with Crippen molar-refractivity contribution in [1.82, 2.24) is 4.90 Å². The Hall–Kier alpha value is -1.59. The van der Waals surface area contributed by atoms with Crippen LogP contribution < -0.4 is 4.90 Å². The first-order valence-electron chi connectivity index (χ1n) is 7.55. The minimum absolute atomic E-state index is 0.0534. The zero-order valence-electron chi connectivity index (χ0n) is 12.7. The maximum Gasteiger partial charge on any atom is 0.332 e. The zero-order valence-corrected chi connectivity index (χ0v) is 12.7. The van der Waals surface area contributed by atoms with Gasteiger partial charge in [0.05, 0.1) is 13.2 Å². The summed E-state index contributed by atoms with van der Waals surface area (Å²) in [6.45, 7) is 7.80. The highest BCUT2D eigenvalue weighted by Gasteiger charge is 2.16. The number of hydrogen-bond donors (Lipinski definition) is 0. The number of ether oxygens (including phenoxy) is 2. The number of para-hydroxylation sites is 1. The molecule has 1 saturated heterocycles. The van der Waals surface area contributed by atoms with Crippen LogP contribution >= 0.6 is 0 Å². The molecule has 0 amide bonds. The average molecular weight is 292 g/mol. The van der Waals surface area contributed by atoms with E-state index in [1.165, 1.54) is 5.69 Å². The van der Waals surface area contributed by atoms with Crippen LogP contribution in [0.1, 0.15) is 6.92 Å². The molecule has 116 valence electrons. The lowest BCUT2D eigenvalue weighted by Crippen LogP contribution is -2.47. The molecule has 1 aliphatic rings. The molecule has 5 nitrogen and oxygen atoms in total. The second-order valence-corrected chi connectivity index (χ2v) is 5.02. The van der Waals surface area contributed by atoms with Crippen molar-refractivity contribution in [3.05, 3.63) is 30.3 Å². The Morgan fingerprint density at radius 2 is 1.86 bits per heavy atom. The van der Waals surface area contributed by atoms with E-state index in [-0.39, 0.29) is 12.6 Å². The van der Waals surface area contributed by atoms with E-state index in [2.05, 4.69) is 34.1 Å². The average Bonchev–Trinajstić information content (AvgIpc) is 2.53. The van der Waals surface area contributed by atoms with Crippen LogP contribution in [0, 0.1) is 0 Å². The molecule has 21 heavy (non-hydrogen) atoms. The normalized spacial score (nSPS) is 16.0. The summed E-state index contributed by atoms with van der Waals surface area (Å²) in [6.07, 6.45) is 0. The number of anilines is 1. The van der Waals surface area contributed by atoms with Crippen molar-refractivity contribution in [1.29, 1.82) is 0 Å². The van der Waals surface area contributed by atoms with Gasteiger partial charge in [-0.15, -0.1) is 0 Å². The maximum absolute atomic E-state index is 11.1. The predicted molar refractivity (Wildman–Crippen MR) is 82.5 cm³/mol. The van der Waals surface area contributed by atoms with Gasteiger partial charge in [0, 0.05) is 38.4 Å². The van der Waals surface area contributed by atoms with Crippen LogP contribution in [0.3, 0.4) is 0 Å². The second-order valence-electron chi connectivity index (χ2n) is 5.02. The van der Waals surface area contributed by atoms with Crippen molar-refractivity contribution in [3.63, 3.8) is 0 Å². The molecule has 0 atom stereocenters. The van der Waals surface area contributed by atoms with Gasteiger partial charge in [-0.05, 0) is 19.1 Å². The van der Waals surface area contributed by atoms with Gasteiger partial charge in [-0.2, -0.15) is 0 Å². The van der Waals surface area contributed by atoms with Crippen LogP contribution in [-0.2, 0) is 14.3 Å². The van der Waals surface area contributed by atoms with Crippen molar-refractivity contribution in [2.45, 2.75) is 6.92 Å². The van der Waals surface area contributed by atoms with Crippen molar-refractivity contribution in [3.8, 4) is 0 Å². The maximum atomic E-state index is 11.1. The lowest BCUT2D eigenvalue weighted by atomic mass is 10.2. The van der Waals surface area contributed by atoms with Gasteiger partial charge in [0.2, 0.25) is 0 Å². The summed E-state index contributed by atoms with van der Waals surface area (Å²) in [4.78, 5) is 15.9.